The zero-order chi connectivity index (χ0) is 30.4. The molecule has 1 saturated carbocycles. The summed E-state index contributed by atoms with van der Waals surface area (Å²) in [6.45, 7) is 7.01. The van der Waals surface area contributed by atoms with Gasteiger partial charge in [-0.2, -0.15) is 0 Å². The van der Waals surface area contributed by atoms with E-state index in [2.05, 4.69) is 5.32 Å². The Hall–Kier alpha value is -3.36. The average Bonchev–Trinajstić information content (AvgIpc) is 2.96. The van der Waals surface area contributed by atoms with Crippen LogP contribution in [-0.4, -0.2) is 43.8 Å². The highest BCUT2D eigenvalue weighted by atomic mass is 35.5. The average molecular weight is 610 g/mol. The molecule has 0 aliphatic heterocycles. The molecule has 0 unspecified atom stereocenters. The Morgan fingerprint density at radius 1 is 0.905 bits per heavy atom. The molecule has 0 heterocycles. The molecule has 3 aromatic rings. The van der Waals surface area contributed by atoms with Crippen LogP contribution < -0.4 is 9.62 Å². The number of nitrogens with one attached hydrogen (secondary N) is 1. The Bertz CT molecular complexity index is 1500. The molecule has 7 nitrogen and oxygen atoms in total. The van der Waals surface area contributed by atoms with Crippen LogP contribution in [0, 0.1) is 20.8 Å². The van der Waals surface area contributed by atoms with Crippen LogP contribution >= 0.6 is 11.6 Å². The molecular formula is C33H40ClN3O4S. The van der Waals surface area contributed by atoms with Gasteiger partial charge in [-0.15, -0.1) is 0 Å². The zero-order valence-corrected chi connectivity index (χ0v) is 26.3. The summed E-state index contributed by atoms with van der Waals surface area (Å²) in [6, 6.07) is 18.4. The van der Waals surface area contributed by atoms with Crippen molar-refractivity contribution in [2.75, 3.05) is 10.8 Å². The van der Waals surface area contributed by atoms with E-state index in [1.165, 1.54) is 17.0 Å². The lowest BCUT2D eigenvalue weighted by Crippen LogP contribution is -2.53. The first-order valence-corrected chi connectivity index (χ1v) is 16.3. The predicted molar refractivity (Wildman–Crippen MR) is 168 cm³/mol. The fourth-order valence-corrected chi connectivity index (χ4v) is 7.00. The highest BCUT2D eigenvalue weighted by Gasteiger charge is 2.33. The molecule has 2 amide bonds. The number of nitrogens with zero attached hydrogens (tertiary/aromatic N) is 2. The van der Waals surface area contributed by atoms with Gasteiger partial charge in [0.2, 0.25) is 11.8 Å². The van der Waals surface area contributed by atoms with Crippen LogP contribution in [0.1, 0.15) is 61.3 Å². The van der Waals surface area contributed by atoms with Crippen LogP contribution in [0.3, 0.4) is 0 Å². The van der Waals surface area contributed by atoms with Crippen molar-refractivity contribution < 1.29 is 18.0 Å². The Morgan fingerprint density at radius 2 is 1.50 bits per heavy atom. The van der Waals surface area contributed by atoms with E-state index in [4.69, 9.17) is 11.6 Å². The van der Waals surface area contributed by atoms with E-state index < -0.39 is 28.5 Å². The van der Waals surface area contributed by atoms with Gasteiger partial charge in [-0.3, -0.25) is 13.9 Å². The van der Waals surface area contributed by atoms with Crippen LogP contribution in [0.25, 0.3) is 0 Å². The van der Waals surface area contributed by atoms with Crippen molar-refractivity contribution in [1.82, 2.24) is 10.2 Å². The summed E-state index contributed by atoms with van der Waals surface area (Å²) >= 11 is 6.20. The summed E-state index contributed by atoms with van der Waals surface area (Å²) in [6.07, 6.45) is 5.14. The van der Waals surface area contributed by atoms with Crippen molar-refractivity contribution in [3.8, 4) is 0 Å². The van der Waals surface area contributed by atoms with Gasteiger partial charge in [0, 0.05) is 17.6 Å². The monoisotopic (exact) mass is 609 g/mol. The maximum absolute atomic E-state index is 14.2. The number of amides is 2. The van der Waals surface area contributed by atoms with E-state index in [1.54, 1.807) is 44.2 Å². The second-order valence-corrected chi connectivity index (χ2v) is 13.6. The molecular weight excluding hydrogens is 570 g/mol. The fraction of sp³-hybridized carbons (Fsp3) is 0.394. The first kappa shape index (κ1) is 31.6. The number of rotatable bonds is 10. The molecule has 4 rings (SSSR count). The Balaban J connectivity index is 1.69. The SMILES string of the molecule is Cc1ccc(CN(C(=O)CN(c2ccc(Cl)cc2C)S(=O)(=O)c2ccc(C)cc2)[C@@H](C)C(=O)NC2CCCCC2)cc1. The molecule has 0 saturated heterocycles. The van der Waals surface area contributed by atoms with Crippen molar-refractivity contribution in [1.29, 1.82) is 0 Å². The first-order chi connectivity index (χ1) is 20.0. The summed E-state index contributed by atoms with van der Waals surface area (Å²) in [4.78, 5) is 29.2. The second-order valence-electron chi connectivity index (χ2n) is 11.3. The second kappa shape index (κ2) is 13.7. The summed E-state index contributed by atoms with van der Waals surface area (Å²) < 4.78 is 29.2. The van der Waals surface area contributed by atoms with Crippen molar-refractivity contribution in [3.05, 3.63) is 94.0 Å². The molecule has 42 heavy (non-hydrogen) atoms. The Labute approximate surface area is 254 Å². The summed E-state index contributed by atoms with van der Waals surface area (Å²) in [7, 11) is -4.14. The van der Waals surface area contributed by atoms with Crippen molar-refractivity contribution in [2.45, 2.75) is 83.3 Å². The minimum Gasteiger partial charge on any atom is -0.352 e. The number of halogens is 1. The maximum Gasteiger partial charge on any atom is 0.264 e. The summed E-state index contributed by atoms with van der Waals surface area (Å²) in [5, 5.41) is 3.59. The van der Waals surface area contributed by atoms with Gasteiger partial charge in [0.05, 0.1) is 10.6 Å². The minimum atomic E-state index is -4.14. The largest absolute Gasteiger partial charge is 0.352 e. The molecule has 1 atom stereocenters. The van der Waals surface area contributed by atoms with Crippen LogP contribution in [0.2, 0.25) is 5.02 Å². The molecule has 0 bridgehead atoms. The Morgan fingerprint density at radius 3 is 2.10 bits per heavy atom. The lowest BCUT2D eigenvalue weighted by molar-refractivity contribution is -0.139. The van der Waals surface area contributed by atoms with E-state index >= 15 is 0 Å². The lowest BCUT2D eigenvalue weighted by atomic mass is 9.95. The molecule has 0 spiro atoms. The van der Waals surface area contributed by atoms with Crippen molar-refractivity contribution in [3.63, 3.8) is 0 Å². The molecule has 0 radical (unpaired) electrons. The van der Waals surface area contributed by atoms with E-state index in [-0.39, 0.29) is 23.4 Å². The Kier molecular flexibility index (Phi) is 10.3. The van der Waals surface area contributed by atoms with Gasteiger partial charge >= 0.3 is 0 Å². The highest BCUT2D eigenvalue weighted by molar-refractivity contribution is 7.92. The quantitative estimate of drug-likeness (QED) is 0.291. The van der Waals surface area contributed by atoms with Gasteiger partial charge in [0.1, 0.15) is 12.6 Å². The third-order valence-corrected chi connectivity index (χ3v) is 9.92. The summed E-state index contributed by atoms with van der Waals surface area (Å²) in [5.41, 5.74) is 3.80. The number of aryl methyl sites for hydroxylation is 3. The van der Waals surface area contributed by atoms with Gasteiger partial charge in [-0.25, -0.2) is 8.42 Å². The van der Waals surface area contributed by atoms with Gasteiger partial charge in [-0.05, 0) is 82.0 Å². The molecule has 1 aliphatic rings. The van der Waals surface area contributed by atoms with Gasteiger partial charge in [-0.1, -0.05) is 78.4 Å². The van der Waals surface area contributed by atoms with Gasteiger partial charge in [0.25, 0.3) is 10.0 Å². The van der Waals surface area contributed by atoms with E-state index in [9.17, 15) is 18.0 Å². The molecule has 9 heteroatoms. The zero-order valence-electron chi connectivity index (χ0n) is 24.8. The number of carbonyl (C=O) groups is 2. The van der Waals surface area contributed by atoms with E-state index in [0.717, 1.165) is 53.1 Å². The van der Waals surface area contributed by atoms with Crippen molar-refractivity contribution >= 4 is 39.1 Å². The standard InChI is InChI=1S/C33H40ClN3O4S/c1-23-10-14-27(15-11-23)21-36(26(4)33(39)35-29-8-6-5-7-9-29)32(38)22-37(31-19-16-28(34)20-25(31)3)42(40,41)30-17-12-24(2)13-18-30/h10-20,26,29H,5-9,21-22H2,1-4H3,(H,35,39)/t26-/m0/s1. The van der Waals surface area contributed by atoms with Gasteiger partial charge in [0.15, 0.2) is 0 Å². The molecule has 1 aliphatic carbocycles. The number of hydrogen-bond acceptors (Lipinski definition) is 4. The number of hydrogen-bond donors (Lipinski definition) is 1. The topological polar surface area (TPSA) is 86.8 Å². The van der Waals surface area contributed by atoms with E-state index in [0.29, 0.717) is 16.3 Å². The third kappa shape index (κ3) is 7.72. The molecule has 224 valence electrons. The molecule has 1 N–H and O–H groups in total. The fourth-order valence-electron chi connectivity index (χ4n) is 5.29. The first-order valence-electron chi connectivity index (χ1n) is 14.5. The summed E-state index contributed by atoms with van der Waals surface area (Å²) in [5.74, 6) is -0.718. The lowest BCUT2D eigenvalue weighted by Gasteiger charge is -2.33. The van der Waals surface area contributed by atoms with Gasteiger partial charge < -0.3 is 10.2 Å². The third-order valence-electron chi connectivity index (χ3n) is 7.91. The van der Waals surface area contributed by atoms with Crippen LogP contribution in [0.4, 0.5) is 5.69 Å². The van der Waals surface area contributed by atoms with E-state index in [1.807, 2.05) is 38.1 Å². The number of benzene rings is 3. The molecule has 1 fully saturated rings. The number of anilines is 1. The minimum absolute atomic E-state index is 0.0726. The predicted octanol–water partition coefficient (Wildman–Crippen LogP) is 6.33. The molecule has 0 aromatic heterocycles. The highest BCUT2D eigenvalue weighted by Crippen LogP contribution is 2.30. The smallest absolute Gasteiger partial charge is 0.264 e. The van der Waals surface area contributed by atoms with Crippen LogP contribution in [-0.2, 0) is 26.2 Å². The normalized spacial score (nSPS) is 14.7. The number of carbonyl (C=O) groups excluding carboxylic acids is 2. The number of sulfonamides is 1. The molecule has 3 aromatic carbocycles. The van der Waals surface area contributed by atoms with Crippen LogP contribution in [0.5, 0.6) is 0 Å². The maximum atomic E-state index is 14.2. The van der Waals surface area contributed by atoms with Crippen molar-refractivity contribution in [2.24, 2.45) is 0 Å². The van der Waals surface area contributed by atoms with Crippen LogP contribution in [0.15, 0.2) is 71.6 Å².